The molecule has 1 aliphatic rings. The number of aliphatic carboxylic acids is 2. The summed E-state index contributed by atoms with van der Waals surface area (Å²) in [4.78, 5) is 49.3. The second-order valence-corrected chi connectivity index (χ2v) is 10.6. The van der Waals surface area contributed by atoms with Gasteiger partial charge in [-0.3, -0.25) is 14.4 Å². The zero-order chi connectivity index (χ0) is 26.8. The second-order valence-electron chi connectivity index (χ2n) is 9.80. The zero-order valence-corrected chi connectivity index (χ0v) is 21.6. The Kier molecular flexibility index (Phi) is 8.00. The number of carbonyl (C=O) groups excluding carboxylic acids is 2. The number of anilines is 1. The minimum absolute atomic E-state index is 0.00892. The van der Waals surface area contributed by atoms with Gasteiger partial charge >= 0.3 is 11.9 Å². The van der Waals surface area contributed by atoms with Crippen molar-refractivity contribution in [3.8, 4) is 0 Å². The number of benzene rings is 2. The number of hydrogen-bond donors (Lipinski definition) is 4. The van der Waals surface area contributed by atoms with Crippen LogP contribution in [0.4, 0.5) is 5.69 Å². The average Bonchev–Trinajstić information content (AvgIpc) is 3.04. The first-order valence-electron chi connectivity index (χ1n) is 11.4. The molecule has 0 saturated heterocycles. The summed E-state index contributed by atoms with van der Waals surface area (Å²) in [7, 11) is 0. The topological polar surface area (TPSA) is 133 Å². The second kappa shape index (κ2) is 10.5. The number of halogens is 2. The fourth-order valence-corrected chi connectivity index (χ4v) is 5.25. The number of rotatable bonds is 8. The van der Waals surface area contributed by atoms with E-state index in [9.17, 15) is 29.4 Å². The summed E-state index contributed by atoms with van der Waals surface area (Å²) in [5.41, 5.74) is -0.709. The molecular weight excluding hydrogens is 507 g/mol. The highest BCUT2D eigenvalue weighted by Gasteiger charge is 2.58. The van der Waals surface area contributed by atoms with Gasteiger partial charge in [0.2, 0.25) is 5.91 Å². The molecular formula is C26H28Cl2N2O6. The molecule has 0 radical (unpaired) electrons. The molecule has 4 N–H and O–H groups in total. The molecule has 0 aliphatic heterocycles. The minimum Gasteiger partial charge on any atom is -0.481 e. The van der Waals surface area contributed by atoms with Gasteiger partial charge in [-0.25, -0.2) is 4.79 Å². The third-order valence-corrected chi connectivity index (χ3v) is 8.10. The molecule has 0 aromatic heterocycles. The lowest BCUT2D eigenvalue weighted by molar-refractivity contribution is -0.155. The number of carboxylic acids is 2. The van der Waals surface area contributed by atoms with Crippen LogP contribution in [0.5, 0.6) is 0 Å². The van der Waals surface area contributed by atoms with Gasteiger partial charge in [0.1, 0.15) is 6.04 Å². The van der Waals surface area contributed by atoms with Crippen molar-refractivity contribution in [3.05, 3.63) is 63.6 Å². The molecule has 8 nitrogen and oxygen atoms in total. The summed E-state index contributed by atoms with van der Waals surface area (Å²) in [6.45, 7) is 5.09. The molecule has 3 rings (SSSR count). The van der Waals surface area contributed by atoms with E-state index in [1.165, 1.54) is 0 Å². The lowest BCUT2D eigenvalue weighted by Crippen LogP contribution is -2.49. The van der Waals surface area contributed by atoms with Crippen LogP contribution in [-0.4, -0.2) is 40.0 Å². The Morgan fingerprint density at radius 1 is 1.00 bits per heavy atom. The molecule has 0 unspecified atom stereocenters. The number of carbonyl (C=O) groups is 4. The van der Waals surface area contributed by atoms with Crippen LogP contribution < -0.4 is 10.6 Å². The Balaban J connectivity index is 1.68. The summed E-state index contributed by atoms with van der Waals surface area (Å²) in [6, 6.07) is 10.1. The lowest BCUT2D eigenvalue weighted by Gasteiger charge is -2.38. The normalized spacial score (nSPS) is 21.4. The Bertz CT molecular complexity index is 1180. The fraction of sp³-hybridized carbons (Fsp3) is 0.385. The summed E-state index contributed by atoms with van der Waals surface area (Å²) in [6.07, 6.45) is 0.699. The first-order chi connectivity index (χ1) is 16.8. The molecule has 1 fully saturated rings. The van der Waals surface area contributed by atoms with Gasteiger partial charge in [0.15, 0.2) is 0 Å². The van der Waals surface area contributed by atoms with E-state index in [1.54, 1.807) is 63.2 Å². The van der Waals surface area contributed by atoms with E-state index in [0.29, 0.717) is 24.1 Å². The van der Waals surface area contributed by atoms with Crippen molar-refractivity contribution >= 4 is 52.6 Å². The predicted molar refractivity (Wildman–Crippen MR) is 136 cm³/mol. The van der Waals surface area contributed by atoms with Gasteiger partial charge in [-0.2, -0.15) is 0 Å². The summed E-state index contributed by atoms with van der Waals surface area (Å²) < 4.78 is 0. The van der Waals surface area contributed by atoms with E-state index >= 15 is 0 Å². The Morgan fingerprint density at radius 3 is 2.08 bits per heavy atom. The molecule has 2 aromatic rings. The van der Waals surface area contributed by atoms with Crippen molar-refractivity contribution in [2.24, 2.45) is 16.7 Å². The zero-order valence-electron chi connectivity index (χ0n) is 20.1. The van der Waals surface area contributed by atoms with Crippen LogP contribution in [0, 0.1) is 16.7 Å². The van der Waals surface area contributed by atoms with E-state index in [4.69, 9.17) is 23.2 Å². The lowest BCUT2D eigenvalue weighted by atomic mass is 9.65. The third-order valence-electron chi connectivity index (χ3n) is 7.47. The van der Waals surface area contributed by atoms with Crippen LogP contribution in [0.3, 0.4) is 0 Å². The van der Waals surface area contributed by atoms with Gasteiger partial charge in [0, 0.05) is 18.0 Å². The Hall–Kier alpha value is -3.10. The largest absolute Gasteiger partial charge is 0.481 e. The summed E-state index contributed by atoms with van der Waals surface area (Å²) in [5, 5.41) is 25.1. The number of carboxylic acid groups (broad SMARTS) is 2. The van der Waals surface area contributed by atoms with Crippen molar-refractivity contribution in [2.45, 2.75) is 46.1 Å². The third kappa shape index (κ3) is 5.34. The summed E-state index contributed by atoms with van der Waals surface area (Å²) >= 11 is 12.2. The average molecular weight is 535 g/mol. The van der Waals surface area contributed by atoms with Crippen LogP contribution in [0.2, 0.25) is 10.0 Å². The number of hydrogen-bond acceptors (Lipinski definition) is 4. The highest BCUT2D eigenvalue weighted by Crippen LogP contribution is 2.56. The van der Waals surface area contributed by atoms with Crippen molar-refractivity contribution in [3.63, 3.8) is 0 Å². The highest BCUT2D eigenvalue weighted by atomic mass is 35.5. The molecule has 2 amide bonds. The Morgan fingerprint density at radius 2 is 1.58 bits per heavy atom. The molecule has 0 spiro atoms. The molecule has 192 valence electrons. The highest BCUT2D eigenvalue weighted by molar-refractivity contribution is 6.40. The Labute approximate surface area is 219 Å². The SMILES string of the molecule is CC1(C)[C@@H](C(=O)N[C@H](Cc2ccc(NC(=O)c3c(Cl)cccc3Cl)cc2)C(=O)O)CC[C@]1(C)C(=O)O. The van der Waals surface area contributed by atoms with Gasteiger partial charge < -0.3 is 20.8 Å². The standard InChI is InChI=1S/C26H28Cl2N2O6/c1-25(2)16(11-12-26(25,3)24(35)36)21(31)30-19(23(33)34)13-14-7-9-15(10-8-14)29-22(32)20-17(27)5-4-6-18(20)28/h4-10,16,19H,11-13H2,1-3H3,(H,29,32)(H,30,31)(H,33,34)(H,35,36)/t16-,19-,26-/m1/s1. The predicted octanol–water partition coefficient (Wildman–Crippen LogP) is 4.88. The first kappa shape index (κ1) is 27.5. The fourth-order valence-electron chi connectivity index (χ4n) is 4.68. The van der Waals surface area contributed by atoms with Crippen LogP contribution >= 0.6 is 23.2 Å². The molecule has 1 saturated carbocycles. The molecule has 36 heavy (non-hydrogen) atoms. The molecule has 0 heterocycles. The van der Waals surface area contributed by atoms with Gasteiger partial charge in [0.25, 0.3) is 5.91 Å². The maximum atomic E-state index is 13.0. The van der Waals surface area contributed by atoms with E-state index in [2.05, 4.69) is 10.6 Å². The van der Waals surface area contributed by atoms with E-state index in [0.717, 1.165) is 0 Å². The van der Waals surface area contributed by atoms with Gasteiger partial charge in [-0.1, -0.05) is 55.2 Å². The van der Waals surface area contributed by atoms with E-state index in [-0.39, 0.29) is 22.0 Å². The molecule has 2 aromatic carbocycles. The monoisotopic (exact) mass is 534 g/mol. The smallest absolute Gasteiger partial charge is 0.326 e. The van der Waals surface area contributed by atoms with Crippen LogP contribution in [0.25, 0.3) is 0 Å². The van der Waals surface area contributed by atoms with Crippen molar-refractivity contribution in [2.75, 3.05) is 5.32 Å². The van der Waals surface area contributed by atoms with Gasteiger partial charge in [0.05, 0.1) is 21.0 Å². The first-order valence-corrected chi connectivity index (χ1v) is 12.1. The van der Waals surface area contributed by atoms with E-state index < -0.39 is 46.5 Å². The van der Waals surface area contributed by atoms with Gasteiger partial charge in [-0.05, 0) is 55.0 Å². The summed E-state index contributed by atoms with van der Waals surface area (Å²) in [5.74, 6) is -3.76. The van der Waals surface area contributed by atoms with E-state index in [1.807, 2.05) is 0 Å². The van der Waals surface area contributed by atoms with Crippen molar-refractivity contribution in [1.82, 2.24) is 5.32 Å². The van der Waals surface area contributed by atoms with Gasteiger partial charge in [-0.15, -0.1) is 0 Å². The maximum Gasteiger partial charge on any atom is 0.326 e. The quantitative estimate of drug-likeness (QED) is 0.381. The van der Waals surface area contributed by atoms with Crippen LogP contribution in [0.15, 0.2) is 42.5 Å². The van der Waals surface area contributed by atoms with Crippen molar-refractivity contribution in [1.29, 1.82) is 0 Å². The molecule has 1 aliphatic carbocycles. The van der Waals surface area contributed by atoms with Crippen LogP contribution in [-0.2, 0) is 20.8 Å². The molecule has 10 heteroatoms. The number of nitrogens with one attached hydrogen (secondary N) is 2. The molecule has 3 atom stereocenters. The van der Waals surface area contributed by atoms with Crippen molar-refractivity contribution < 1.29 is 29.4 Å². The maximum absolute atomic E-state index is 13.0. The number of amides is 2. The van der Waals surface area contributed by atoms with Crippen LogP contribution in [0.1, 0.15) is 49.5 Å². The minimum atomic E-state index is -1.20. The molecule has 0 bridgehead atoms.